The zero-order valence-electron chi connectivity index (χ0n) is 7.63. The molecule has 2 nitrogen and oxygen atoms in total. The van der Waals surface area contributed by atoms with Crippen LogP contribution < -0.4 is 5.32 Å². The van der Waals surface area contributed by atoms with E-state index in [1.54, 1.807) is 0 Å². The second-order valence-electron chi connectivity index (χ2n) is 4.36. The molecular weight excluding hydrogens is 150 g/mol. The van der Waals surface area contributed by atoms with Crippen molar-refractivity contribution in [3.05, 3.63) is 0 Å². The lowest BCUT2D eigenvalue weighted by Crippen LogP contribution is -2.17. The Morgan fingerprint density at radius 1 is 1.17 bits per heavy atom. The molecule has 1 saturated heterocycles. The average Bonchev–Trinajstić information content (AvgIpc) is 2.78. The van der Waals surface area contributed by atoms with Crippen LogP contribution >= 0.6 is 0 Å². The number of aliphatic hydroxyl groups is 1. The predicted molar refractivity (Wildman–Crippen MR) is 48.9 cm³/mol. The van der Waals surface area contributed by atoms with Gasteiger partial charge in [0, 0.05) is 13.1 Å². The van der Waals surface area contributed by atoms with Gasteiger partial charge in [-0.3, -0.25) is 0 Å². The molecule has 1 aliphatic heterocycles. The number of β-amino-alcohol motifs (C(OH)–C–C–N with tert-alkyl or cyclic N) is 1. The van der Waals surface area contributed by atoms with Gasteiger partial charge >= 0.3 is 0 Å². The number of hydrogen-bond donors (Lipinski definition) is 2. The van der Waals surface area contributed by atoms with Gasteiger partial charge in [-0.25, -0.2) is 0 Å². The number of rotatable bonds is 4. The molecule has 2 aliphatic rings. The zero-order valence-corrected chi connectivity index (χ0v) is 7.63. The Morgan fingerprint density at radius 2 is 2.00 bits per heavy atom. The molecule has 0 aromatic heterocycles. The van der Waals surface area contributed by atoms with Crippen LogP contribution in [0.1, 0.15) is 32.1 Å². The van der Waals surface area contributed by atoms with Gasteiger partial charge in [0.25, 0.3) is 0 Å². The van der Waals surface area contributed by atoms with Gasteiger partial charge in [0.05, 0.1) is 6.10 Å². The molecule has 0 amide bonds. The molecule has 0 aromatic carbocycles. The second-order valence-corrected chi connectivity index (χ2v) is 4.36. The van der Waals surface area contributed by atoms with Gasteiger partial charge < -0.3 is 10.4 Å². The minimum absolute atomic E-state index is 0.0656. The van der Waals surface area contributed by atoms with E-state index in [0.717, 1.165) is 19.0 Å². The highest BCUT2D eigenvalue weighted by Gasteiger charge is 2.26. The SMILES string of the molecule is OC1CNCC1CCCC1CC1. The van der Waals surface area contributed by atoms with Crippen LogP contribution in [0, 0.1) is 11.8 Å². The third-order valence-electron chi connectivity index (χ3n) is 3.19. The summed E-state index contributed by atoms with van der Waals surface area (Å²) in [5.74, 6) is 1.60. The maximum atomic E-state index is 9.51. The molecule has 2 fully saturated rings. The van der Waals surface area contributed by atoms with E-state index in [2.05, 4.69) is 5.32 Å². The Balaban J connectivity index is 1.58. The fourth-order valence-electron chi connectivity index (χ4n) is 2.09. The van der Waals surface area contributed by atoms with E-state index >= 15 is 0 Å². The Hall–Kier alpha value is -0.0800. The lowest BCUT2D eigenvalue weighted by molar-refractivity contribution is 0.141. The first-order valence-electron chi connectivity index (χ1n) is 5.25. The summed E-state index contributed by atoms with van der Waals surface area (Å²) < 4.78 is 0. The average molecular weight is 169 g/mol. The molecule has 70 valence electrons. The maximum Gasteiger partial charge on any atom is 0.0704 e. The van der Waals surface area contributed by atoms with E-state index in [-0.39, 0.29) is 6.10 Å². The van der Waals surface area contributed by atoms with Crippen molar-refractivity contribution in [2.45, 2.75) is 38.2 Å². The van der Waals surface area contributed by atoms with Crippen LogP contribution in [-0.4, -0.2) is 24.3 Å². The quantitative estimate of drug-likeness (QED) is 0.661. The highest BCUT2D eigenvalue weighted by atomic mass is 16.3. The Labute approximate surface area is 74.4 Å². The van der Waals surface area contributed by atoms with Crippen molar-refractivity contribution in [3.8, 4) is 0 Å². The summed E-state index contributed by atoms with van der Waals surface area (Å²) in [7, 11) is 0. The monoisotopic (exact) mass is 169 g/mol. The summed E-state index contributed by atoms with van der Waals surface area (Å²) in [4.78, 5) is 0. The molecule has 2 unspecified atom stereocenters. The van der Waals surface area contributed by atoms with Crippen molar-refractivity contribution < 1.29 is 5.11 Å². The van der Waals surface area contributed by atoms with Crippen LogP contribution in [-0.2, 0) is 0 Å². The van der Waals surface area contributed by atoms with Crippen LogP contribution in [0.15, 0.2) is 0 Å². The smallest absolute Gasteiger partial charge is 0.0704 e. The molecular formula is C10H19NO. The van der Waals surface area contributed by atoms with Crippen LogP contribution in [0.4, 0.5) is 0 Å². The molecule has 2 N–H and O–H groups in total. The minimum atomic E-state index is -0.0656. The van der Waals surface area contributed by atoms with Gasteiger partial charge in [0.15, 0.2) is 0 Å². The lowest BCUT2D eigenvalue weighted by atomic mass is 9.98. The third kappa shape index (κ3) is 2.20. The zero-order chi connectivity index (χ0) is 8.39. The Morgan fingerprint density at radius 3 is 2.58 bits per heavy atom. The van der Waals surface area contributed by atoms with E-state index in [0.29, 0.717) is 5.92 Å². The largest absolute Gasteiger partial charge is 0.391 e. The Bertz CT molecular complexity index is 145. The number of hydrogen-bond acceptors (Lipinski definition) is 2. The molecule has 1 heterocycles. The Kier molecular flexibility index (Phi) is 2.66. The van der Waals surface area contributed by atoms with Crippen molar-refractivity contribution in [2.24, 2.45) is 11.8 Å². The predicted octanol–water partition coefficient (Wildman–Crippen LogP) is 1.15. The first kappa shape index (κ1) is 8.52. The topological polar surface area (TPSA) is 32.3 Å². The summed E-state index contributed by atoms with van der Waals surface area (Å²) in [6.07, 6.45) is 6.82. The van der Waals surface area contributed by atoms with Crippen molar-refractivity contribution in [1.29, 1.82) is 0 Å². The van der Waals surface area contributed by atoms with Crippen LogP contribution in [0.3, 0.4) is 0 Å². The highest BCUT2D eigenvalue weighted by molar-refractivity contribution is 4.81. The normalized spacial score (nSPS) is 35.8. The summed E-state index contributed by atoms with van der Waals surface area (Å²) in [5, 5.41) is 12.7. The van der Waals surface area contributed by atoms with E-state index < -0.39 is 0 Å². The number of aliphatic hydroxyl groups excluding tert-OH is 1. The van der Waals surface area contributed by atoms with E-state index in [1.807, 2.05) is 0 Å². The van der Waals surface area contributed by atoms with Crippen molar-refractivity contribution >= 4 is 0 Å². The molecule has 2 atom stereocenters. The molecule has 1 saturated carbocycles. The third-order valence-corrected chi connectivity index (χ3v) is 3.19. The fourth-order valence-corrected chi connectivity index (χ4v) is 2.09. The molecule has 2 heteroatoms. The van der Waals surface area contributed by atoms with Gasteiger partial charge in [0.1, 0.15) is 0 Å². The van der Waals surface area contributed by atoms with Gasteiger partial charge in [-0.05, 0) is 18.3 Å². The summed E-state index contributed by atoms with van der Waals surface area (Å²) in [6.45, 7) is 1.85. The minimum Gasteiger partial charge on any atom is -0.391 e. The van der Waals surface area contributed by atoms with Crippen LogP contribution in [0.5, 0.6) is 0 Å². The highest BCUT2D eigenvalue weighted by Crippen LogP contribution is 2.34. The number of nitrogens with one attached hydrogen (secondary N) is 1. The molecule has 0 aromatic rings. The van der Waals surface area contributed by atoms with Gasteiger partial charge in [-0.2, -0.15) is 0 Å². The summed E-state index contributed by atoms with van der Waals surface area (Å²) >= 11 is 0. The van der Waals surface area contributed by atoms with Gasteiger partial charge in [-0.1, -0.05) is 25.7 Å². The molecule has 2 rings (SSSR count). The van der Waals surface area contributed by atoms with Gasteiger partial charge in [-0.15, -0.1) is 0 Å². The first-order chi connectivity index (χ1) is 5.86. The molecule has 1 aliphatic carbocycles. The van der Waals surface area contributed by atoms with Gasteiger partial charge in [0.2, 0.25) is 0 Å². The fraction of sp³-hybridized carbons (Fsp3) is 1.00. The van der Waals surface area contributed by atoms with E-state index in [4.69, 9.17) is 0 Å². The maximum absolute atomic E-state index is 9.51. The summed E-state index contributed by atoms with van der Waals surface area (Å²) in [6, 6.07) is 0. The molecule has 0 spiro atoms. The summed E-state index contributed by atoms with van der Waals surface area (Å²) in [5.41, 5.74) is 0. The van der Waals surface area contributed by atoms with E-state index in [1.165, 1.54) is 32.1 Å². The molecule has 12 heavy (non-hydrogen) atoms. The standard InChI is InChI=1S/C10H19NO/c12-10-7-11-6-9(10)3-1-2-8-4-5-8/h8-12H,1-7H2. The second kappa shape index (κ2) is 3.75. The van der Waals surface area contributed by atoms with E-state index in [9.17, 15) is 5.11 Å². The molecule has 0 bridgehead atoms. The first-order valence-corrected chi connectivity index (χ1v) is 5.25. The van der Waals surface area contributed by atoms with Crippen LogP contribution in [0.25, 0.3) is 0 Å². The van der Waals surface area contributed by atoms with Crippen molar-refractivity contribution in [3.63, 3.8) is 0 Å². The molecule has 0 radical (unpaired) electrons. The lowest BCUT2D eigenvalue weighted by Gasteiger charge is -2.12. The van der Waals surface area contributed by atoms with Crippen molar-refractivity contribution in [1.82, 2.24) is 5.32 Å². The van der Waals surface area contributed by atoms with Crippen molar-refractivity contribution in [2.75, 3.05) is 13.1 Å². The van der Waals surface area contributed by atoms with Crippen LogP contribution in [0.2, 0.25) is 0 Å².